The lowest BCUT2D eigenvalue weighted by atomic mass is 10.0. The van der Waals surface area contributed by atoms with Crippen LogP contribution >= 0.6 is 0 Å². The molecule has 0 radical (unpaired) electrons. The van der Waals surface area contributed by atoms with Gasteiger partial charge in [0.2, 0.25) is 0 Å². The topological polar surface area (TPSA) is 51.1 Å². The molecule has 1 amide bonds. The normalized spacial score (nSPS) is 12.6. The quantitative estimate of drug-likeness (QED) is 0.887. The Bertz CT molecular complexity index is 747. The number of hydrogen-bond donors (Lipinski definition) is 1. The van der Waals surface area contributed by atoms with Crippen LogP contribution in [0.25, 0.3) is 10.8 Å². The molecule has 0 aliphatic rings. The number of rotatable bonds is 6. The molecule has 124 valence electrons. The van der Waals surface area contributed by atoms with Crippen LogP contribution in [0.2, 0.25) is 0 Å². The molecule has 0 aliphatic heterocycles. The maximum Gasteiger partial charge on any atom is 0.258 e. The monoisotopic (exact) mass is 314 g/mol. The minimum absolute atomic E-state index is 0.0814. The van der Waals surface area contributed by atoms with Crippen LogP contribution in [0.1, 0.15) is 50.4 Å². The molecule has 1 atom stereocenters. The van der Waals surface area contributed by atoms with E-state index in [9.17, 15) is 9.59 Å². The van der Waals surface area contributed by atoms with Crippen molar-refractivity contribution < 1.29 is 4.79 Å². The first kappa shape index (κ1) is 17.3. The van der Waals surface area contributed by atoms with Crippen molar-refractivity contribution >= 4 is 16.7 Å². The first-order valence-electron chi connectivity index (χ1n) is 8.29. The van der Waals surface area contributed by atoms with Crippen LogP contribution in [0.15, 0.2) is 35.3 Å². The lowest BCUT2D eigenvalue weighted by molar-refractivity contribution is 0.0938. The van der Waals surface area contributed by atoms with E-state index in [-0.39, 0.29) is 17.5 Å². The minimum atomic E-state index is -0.117. The SMILES string of the molecule is CC(C)CCCC(C)NC(=O)c1cn(C)c(=O)c2ccccc12. The van der Waals surface area contributed by atoms with Gasteiger partial charge in [0.1, 0.15) is 0 Å². The van der Waals surface area contributed by atoms with E-state index in [4.69, 9.17) is 0 Å². The molecule has 2 rings (SSSR count). The number of benzene rings is 1. The van der Waals surface area contributed by atoms with E-state index in [1.165, 1.54) is 11.0 Å². The Morgan fingerprint density at radius 1 is 1.13 bits per heavy atom. The van der Waals surface area contributed by atoms with E-state index in [0.29, 0.717) is 22.3 Å². The molecule has 0 bridgehead atoms. The summed E-state index contributed by atoms with van der Waals surface area (Å²) >= 11 is 0. The molecule has 0 spiro atoms. The van der Waals surface area contributed by atoms with E-state index < -0.39 is 0 Å². The summed E-state index contributed by atoms with van der Waals surface area (Å²) in [5.74, 6) is 0.569. The molecule has 0 saturated heterocycles. The summed E-state index contributed by atoms with van der Waals surface area (Å²) < 4.78 is 1.47. The maximum absolute atomic E-state index is 12.6. The number of pyridine rings is 1. The van der Waals surface area contributed by atoms with Crippen LogP contribution in [0.4, 0.5) is 0 Å². The molecule has 0 saturated carbocycles. The van der Waals surface area contributed by atoms with Crippen molar-refractivity contribution in [3.63, 3.8) is 0 Å². The highest BCUT2D eigenvalue weighted by atomic mass is 16.2. The van der Waals surface area contributed by atoms with Gasteiger partial charge in [0, 0.05) is 30.1 Å². The largest absolute Gasteiger partial charge is 0.350 e. The standard InChI is InChI=1S/C19H26N2O2/c1-13(2)8-7-9-14(3)20-18(22)17-12-21(4)19(23)16-11-6-5-10-15(16)17/h5-6,10-14H,7-9H2,1-4H3,(H,20,22). The number of nitrogens with zero attached hydrogens (tertiary/aromatic N) is 1. The second-order valence-electron chi connectivity index (χ2n) is 6.70. The van der Waals surface area contributed by atoms with Crippen LogP contribution in [-0.4, -0.2) is 16.5 Å². The number of amides is 1. The number of fused-ring (bicyclic) bond motifs is 1. The second-order valence-corrected chi connectivity index (χ2v) is 6.70. The van der Waals surface area contributed by atoms with E-state index in [1.54, 1.807) is 19.3 Å². The van der Waals surface area contributed by atoms with E-state index in [1.807, 2.05) is 25.1 Å². The van der Waals surface area contributed by atoms with Crippen molar-refractivity contribution in [1.82, 2.24) is 9.88 Å². The molecule has 0 fully saturated rings. The Hall–Kier alpha value is -2.10. The van der Waals surface area contributed by atoms with Crippen molar-refractivity contribution in [1.29, 1.82) is 0 Å². The Morgan fingerprint density at radius 3 is 2.43 bits per heavy atom. The molecule has 1 N–H and O–H groups in total. The molecule has 0 aliphatic carbocycles. The summed E-state index contributed by atoms with van der Waals surface area (Å²) in [7, 11) is 1.68. The number of nitrogens with one attached hydrogen (secondary N) is 1. The molecule has 4 nitrogen and oxygen atoms in total. The summed E-state index contributed by atoms with van der Waals surface area (Å²) in [4.78, 5) is 24.8. The van der Waals surface area contributed by atoms with E-state index >= 15 is 0 Å². The van der Waals surface area contributed by atoms with Gasteiger partial charge >= 0.3 is 0 Å². The predicted octanol–water partition coefficient (Wildman–Crippen LogP) is 3.48. The number of hydrogen-bond acceptors (Lipinski definition) is 2. The highest BCUT2D eigenvalue weighted by Crippen LogP contribution is 2.16. The number of aryl methyl sites for hydroxylation is 1. The average molecular weight is 314 g/mol. The molecule has 1 heterocycles. The van der Waals surface area contributed by atoms with Gasteiger partial charge < -0.3 is 9.88 Å². The summed E-state index contributed by atoms with van der Waals surface area (Å²) in [6.07, 6.45) is 4.87. The fourth-order valence-corrected chi connectivity index (χ4v) is 2.80. The molecular weight excluding hydrogens is 288 g/mol. The van der Waals surface area contributed by atoms with Gasteiger partial charge in [-0.1, -0.05) is 44.9 Å². The third kappa shape index (κ3) is 4.21. The van der Waals surface area contributed by atoms with Gasteiger partial charge in [0.25, 0.3) is 11.5 Å². The number of aromatic nitrogens is 1. The number of carbonyl (C=O) groups is 1. The smallest absolute Gasteiger partial charge is 0.258 e. The summed E-state index contributed by atoms with van der Waals surface area (Å²) in [5, 5.41) is 4.34. The van der Waals surface area contributed by atoms with Crippen LogP contribution in [-0.2, 0) is 7.05 Å². The van der Waals surface area contributed by atoms with Crippen molar-refractivity contribution in [2.45, 2.75) is 46.1 Å². The van der Waals surface area contributed by atoms with E-state index in [0.717, 1.165) is 12.8 Å². The van der Waals surface area contributed by atoms with Gasteiger partial charge in [0.15, 0.2) is 0 Å². The molecule has 23 heavy (non-hydrogen) atoms. The zero-order valence-corrected chi connectivity index (χ0v) is 14.4. The lowest BCUT2D eigenvalue weighted by Crippen LogP contribution is -2.33. The third-order valence-electron chi connectivity index (χ3n) is 4.13. The fourth-order valence-electron chi connectivity index (χ4n) is 2.80. The molecule has 2 aromatic rings. The Kier molecular flexibility index (Phi) is 5.59. The number of carbonyl (C=O) groups excluding carboxylic acids is 1. The Morgan fingerprint density at radius 2 is 1.78 bits per heavy atom. The first-order chi connectivity index (χ1) is 10.9. The molecule has 4 heteroatoms. The van der Waals surface area contributed by atoms with Gasteiger partial charge in [-0.15, -0.1) is 0 Å². The maximum atomic E-state index is 12.6. The Labute approximate surface area is 137 Å². The van der Waals surface area contributed by atoms with Crippen molar-refractivity contribution in [2.24, 2.45) is 13.0 Å². The van der Waals surface area contributed by atoms with Gasteiger partial charge in [-0.2, -0.15) is 0 Å². The van der Waals surface area contributed by atoms with Gasteiger partial charge in [-0.3, -0.25) is 9.59 Å². The zero-order valence-electron chi connectivity index (χ0n) is 14.4. The second kappa shape index (κ2) is 7.44. The highest BCUT2D eigenvalue weighted by Gasteiger charge is 2.15. The third-order valence-corrected chi connectivity index (χ3v) is 4.13. The van der Waals surface area contributed by atoms with Crippen molar-refractivity contribution in [3.8, 4) is 0 Å². The zero-order chi connectivity index (χ0) is 17.0. The van der Waals surface area contributed by atoms with Gasteiger partial charge in [0.05, 0.1) is 5.56 Å². The van der Waals surface area contributed by atoms with E-state index in [2.05, 4.69) is 19.2 Å². The van der Waals surface area contributed by atoms with Crippen LogP contribution < -0.4 is 10.9 Å². The summed E-state index contributed by atoms with van der Waals surface area (Å²) in [5.41, 5.74) is 0.473. The van der Waals surface area contributed by atoms with Crippen LogP contribution in [0.3, 0.4) is 0 Å². The summed E-state index contributed by atoms with van der Waals surface area (Å²) in [6.45, 7) is 6.45. The summed E-state index contributed by atoms with van der Waals surface area (Å²) in [6, 6.07) is 7.39. The molecular formula is C19H26N2O2. The van der Waals surface area contributed by atoms with Gasteiger partial charge in [-0.05, 0) is 25.3 Å². The van der Waals surface area contributed by atoms with Crippen LogP contribution in [0, 0.1) is 5.92 Å². The van der Waals surface area contributed by atoms with Crippen molar-refractivity contribution in [2.75, 3.05) is 0 Å². The van der Waals surface area contributed by atoms with Crippen molar-refractivity contribution in [3.05, 3.63) is 46.4 Å². The highest BCUT2D eigenvalue weighted by molar-refractivity contribution is 6.06. The molecule has 1 aromatic heterocycles. The first-order valence-corrected chi connectivity index (χ1v) is 8.29. The predicted molar refractivity (Wildman–Crippen MR) is 94.8 cm³/mol. The van der Waals surface area contributed by atoms with Crippen LogP contribution in [0.5, 0.6) is 0 Å². The average Bonchev–Trinajstić information content (AvgIpc) is 2.50. The van der Waals surface area contributed by atoms with Gasteiger partial charge in [-0.25, -0.2) is 0 Å². The fraction of sp³-hybridized carbons (Fsp3) is 0.474. The minimum Gasteiger partial charge on any atom is -0.350 e. The lowest BCUT2D eigenvalue weighted by Gasteiger charge is -2.16. The molecule has 1 unspecified atom stereocenters. The molecule has 1 aromatic carbocycles. The Balaban J connectivity index is 2.18.